The Morgan fingerprint density at radius 1 is 1.28 bits per heavy atom. The summed E-state index contributed by atoms with van der Waals surface area (Å²) in [6.45, 7) is 3.98. The molecule has 4 atom stereocenters. The van der Waals surface area contributed by atoms with E-state index in [1.807, 2.05) is 36.6 Å². The lowest BCUT2D eigenvalue weighted by Gasteiger charge is -2.34. The van der Waals surface area contributed by atoms with Crippen LogP contribution in [-0.4, -0.2) is 32.4 Å². The lowest BCUT2D eigenvalue weighted by atomic mass is 9.78. The van der Waals surface area contributed by atoms with E-state index in [1.165, 1.54) is 12.7 Å². The summed E-state index contributed by atoms with van der Waals surface area (Å²) in [6.07, 6.45) is 10.8. The monoisotopic (exact) mass is 394 g/mol. The first-order chi connectivity index (χ1) is 14.1. The number of nitrogens with zero attached hydrogens (tertiary/aromatic N) is 3. The molecule has 152 valence electrons. The minimum Gasteiger partial charge on any atom is -0.447 e. The van der Waals surface area contributed by atoms with Crippen molar-refractivity contribution in [1.29, 1.82) is 0 Å². The van der Waals surface area contributed by atoms with Crippen molar-refractivity contribution in [3.8, 4) is 6.08 Å². The van der Waals surface area contributed by atoms with Crippen LogP contribution in [0.3, 0.4) is 0 Å². The third-order valence-electron chi connectivity index (χ3n) is 6.53. The summed E-state index contributed by atoms with van der Waals surface area (Å²) in [4.78, 5) is 21.7. The van der Waals surface area contributed by atoms with Gasteiger partial charge in [0.05, 0.1) is 11.8 Å². The van der Waals surface area contributed by atoms with Crippen molar-refractivity contribution >= 4 is 11.6 Å². The Labute approximate surface area is 169 Å². The largest absolute Gasteiger partial charge is 0.447 e. The molecule has 0 bridgehead atoms. The summed E-state index contributed by atoms with van der Waals surface area (Å²) in [7, 11) is 0. The van der Waals surface area contributed by atoms with Gasteiger partial charge < -0.3 is 18.9 Å². The van der Waals surface area contributed by atoms with Gasteiger partial charge in [0.1, 0.15) is 18.0 Å². The number of ether oxygens (including phenoxy) is 1. The fraction of sp³-hybridized carbons (Fsp3) is 0.500. The predicted molar refractivity (Wildman–Crippen MR) is 107 cm³/mol. The van der Waals surface area contributed by atoms with E-state index < -0.39 is 0 Å². The molecule has 0 spiro atoms. The van der Waals surface area contributed by atoms with Crippen LogP contribution < -0.4 is 10.1 Å². The lowest BCUT2D eigenvalue weighted by molar-refractivity contribution is 0.0708. The van der Waals surface area contributed by atoms with Crippen molar-refractivity contribution in [3.05, 3.63) is 47.7 Å². The number of nitrogens with one attached hydrogen (secondary N) is 1. The van der Waals surface area contributed by atoms with Gasteiger partial charge in [0.25, 0.3) is 5.91 Å². The highest BCUT2D eigenvalue weighted by atomic mass is 16.6. The first-order valence-electron chi connectivity index (χ1n) is 10.4. The minimum atomic E-state index is -0.0448. The van der Waals surface area contributed by atoms with Crippen LogP contribution in [-0.2, 0) is 0 Å². The number of aryl methyl sites for hydroxylation is 2. The predicted octanol–water partition coefficient (Wildman–Crippen LogP) is 3.70. The van der Waals surface area contributed by atoms with E-state index in [0.29, 0.717) is 23.5 Å². The minimum absolute atomic E-state index is 0.0448. The average molecular weight is 394 g/mol. The first kappa shape index (κ1) is 18.2. The van der Waals surface area contributed by atoms with E-state index in [0.717, 1.165) is 42.7 Å². The molecule has 1 N–H and O–H groups in total. The molecule has 0 radical (unpaired) electrons. The molecule has 1 amide bonds. The van der Waals surface area contributed by atoms with Gasteiger partial charge in [-0.3, -0.25) is 4.79 Å². The van der Waals surface area contributed by atoms with Crippen LogP contribution in [0.25, 0.3) is 5.65 Å². The molecule has 7 nitrogen and oxygen atoms in total. The summed E-state index contributed by atoms with van der Waals surface area (Å²) in [5, 5.41) is 3.26. The van der Waals surface area contributed by atoms with Crippen molar-refractivity contribution in [2.24, 2.45) is 11.8 Å². The molecule has 2 fully saturated rings. The molecular formula is C22H26N4O3. The molecule has 5 rings (SSSR count). The molecule has 7 heteroatoms. The van der Waals surface area contributed by atoms with Gasteiger partial charge in [0.2, 0.25) is 0 Å². The van der Waals surface area contributed by atoms with Crippen LogP contribution in [0, 0.1) is 25.7 Å². The summed E-state index contributed by atoms with van der Waals surface area (Å²) >= 11 is 0. The maximum atomic E-state index is 13.0. The van der Waals surface area contributed by atoms with Gasteiger partial charge >= 0.3 is 6.08 Å². The SMILES string of the molecule is Cc1cc(C)n2ccc(C(=O)NC3CCC4CCC(Oc5ncco5)C4C3)c2n1. The van der Waals surface area contributed by atoms with Gasteiger partial charge in [0, 0.05) is 29.5 Å². The molecule has 2 aliphatic rings. The van der Waals surface area contributed by atoms with E-state index >= 15 is 0 Å². The van der Waals surface area contributed by atoms with E-state index in [4.69, 9.17) is 9.15 Å². The van der Waals surface area contributed by atoms with Crippen LogP contribution >= 0.6 is 0 Å². The molecule has 3 heterocycles. The Balaban J connectivity index is 1.29. The first-order valence-corrected chi connectivity index (χ1v) is 10.4. The third kappa shape index (κ3) is 3.39. The fourth-order valence-electron chi connectivity index (χ4n) is 5.18. The number of fused-ring (bicyclic) bond motifs is 2. The van der Waals surface area contributed by atoms with Gasteiger partial charge in [-0.1, -0.05) is 0 Å². The number of hydrogen-bond donors (Lipinski definition) is 1. The summed E-state index contributed by atoms with van der Waals surface area (Å²) in [5.41, 5.74) is 3.35. The molecule has 0 aliphatic heterocycles. The van der Waals surface area contributed by atoms with Gasteiger partial charge in [-0.25, -0.2) is 4.98 Å². The van der Waals surface area contributed by atoms with Crippen molar-refractivity contribution < 1.29 is 13.9 Å². The standard InChI is InChI=1S/C22H26N4O3/c1-13-11-14(2)26-9-7-17(20(26)24-13)21(27)25-16-5-3-15-4-6-19(18(15)12-16)29-22-23-8-10-28-22/h7-11,15-16,18-19H,3-6,12H2,1-2H3,(H,25,27). The van der Waals surface area contributed by atoms with E-state index in [9.17, 15) is 4.79 Å². The molecule has 4 unspecified atom stereocenters. The van der Waals surface area contributed by atoms with E-state index in [2.05, 4.69) is 15.3 Å². The van der Waals surface area contributed by atoms with Gasteiger partial charge in [-0.15, -0.1) is 0 Å². The second-order valence-electron chi connectivity index (χ2n) is 8.40. The van der Waals surface area contributed by atoms with Crippen molar-refractivity contribution in [2.45, 2.75) is 58.1 Å². The third-order valence-corrected chi connectivity index (χ3v) is 6.53. The highest BCUT2D eigenvalue weighted by Gasteiger charge is 2.42. The highest BCUT2D eigenvalue weighted by Crippen LogP contribution is 2.43. The lowest BCUT2D eigenvalue weighted by Crippen LogP contribution is -2.42. The molecule has 0 saturated heterocycles. The van der Waals surface area contributed by atoms with Crippen molar-refractivity contribution in [3.63, 3.8) is 0 Å². The maximum Gasteiger partial charge on any atom is 0.393 e. The van der Waals surface area contributed by atoms with Crippen LogP contribution in [0.1, 0.15) is 53.8 Å². The average Bonchev–Trinajstić information content (AvgIpc) is 3.42. The molecule has 0 aromatic carbocycles. The Bertz CT molecular complexity index is 1030. The zero-order valence-corrected chi connectivity index (χ0v) is 16.8. The van der Waals surface area contributed by atoms with E-state index in [-0.39, 0.29) is 18.1 Å². The maximum absolute atomic E-state index is 13.0. The molecular weight excluding hydrogens is 368 g/mol. The molecule has 29 heavy (non-hydrogen) atoms. The Hall–Kier alpha value is -2.83. The van der Waals surface area contributed by atoms with Crippen LogP contribution in [0.5, 0.6) is 6.08 Å². The Kier molecular flexibility index (Phi) is 4.53. The van der Waals surface area contributed by atoms with Crippen molar-refractivity contribution in [1.82, 2.24) is 19.7 Å². The van der Waals surface area contributed by atoms with Gasteiger partial charge in [-0.2, -0.15) is 4.98 Å². The number of rotatable bonds is 4. The van der Waals surface area contributed by atoms with Crippen LogP contribution in [0.2, 0.25) is 0 Å². The number of hydrogen-bond acceptors (Lipinski definition) is 5. The van der Waals surface area contributed by atoms with E-state index in [1.54, 1.807) is 6.20 Å². The molecule has 2 aliphatic carbocycles. The highest BCUT2D eigenvalue weighted by molar-refractivity contribution is 6.00. The topological polar surface area (TPSA) is 81.7 Å². The number of aromatic nitrogens is 3. The second kappa shape index (κ2) is 7.21. The number of oxazole rings is 1. The Morgan fingerprint density at radius 2 is 2.14 bits per heavy atom. The molecule has 3 aromatic rings. The second-order valence-corrected chi connectivity index (χ2v) is 8.40. The molecule has 3 aromatic heterocycles. The zero-order valence-electron chi connectivity index (χ0n) is 16.8. The van der Waals surface area contributed by atoms with Crippen LogP contribution in [0.15, 0.2) is 35.2 Å². The fourth-order valence-corrected chi connectivity index (χ4v) is 5.18. The number of carbonyl (C=O) groups is 1. The molecule has 2 saturated carbocycles. The van der Waals surface area contributed by atoms with Crippen molar-refractivity contribution in [2.75, 3.05) is 0 Å². The van der Waals surface area contributed by atoms with Gasteiger partial charge in [0.15, 0.2) is 0 Å². The Morgan fingerprint density at radius 3 is 2.97 bits per heavy atom. The van der Waals surface area contributed by atoms with Crippen LogP contribution in [0.4, 0.5) is 0 Å². The van der Waals surface area contributed by atoms with Gasteiger partial charge in [-0.05, 0) is 64.0 Å². The summed E-state index contributed by atoms with van der Waals surface area (Å²) in [6, 6.07) is 4.03. The normalized spacial score (nSPS) is 26.4. The number of amides is 1. The summed E-state index contributed by atoms with van der Waals surface area (Å²) < 4.78 is 13.2. The smallest absolute Gasteiger partial charge is 0.393 e. The zero-order chi connectivity index (χ0) is 20.0. The summed E-state index contributed by atoms with van der Waals surface area (Å²) in [5.74, 6) is 1.04. The number of carbonyl (C=O) groups excluding carboxylic acids is 1. The quantitative estimate of drug-likeness (QED) is 0.730.